The van der Waals surface area contributed by atoms with Crippen LogP contribution >= 0.6 is 0 Å². The summed E-state index contributed by atoms with van der Waals surface area (Å²) in [5.74, 6) is 0. The zero-order valence-corrected chi connectivity index (χ0v) is 10.1. The van der Waals surface area contributed by atoms with Gasteiger partial charge < -0.3 is 5.32 Å². The predicted molar refractivity (Wildman–Crippen MR) is 64.1 cm³/mol. The summed E-state index contributed by atoms with van der Waals surface area (Å²) < 4.78 is 23.5. The predicted octanol–water partition coefficient (Wildman–Crippen LogP) is 1.71. The first-order valence-corrected chi connectivity index (χ1v) is 6.24. The highest BCUT2D eigenvalue weighted by Gasteiger charge is 2.04. The normalized spacial score (nSPS) is 14.6. The molecule has 0 amide bonds. The molecule has 1 aromatic rings. The van der Waals surface area contributed by atoms with Gasteiger partial charge in [-0.2, -0.15) is 4.21 Å². The minimum atomic E-state index is -2.16. The van der Waals surface area contributed by atoms with E-state index in [1.54, 1.807) is 6.92 Å². The molecule has 1 rings (SSSR count). The van der Waals surface area contributed by atoms with Crippen LogP contribution in [-0.2, 0) is 22.1 Å². The van der Waals surface area contributed by atoms with Crippen molar-refractivity contribution in [2.45, 2.75) is 26.0 Å². The third-order valence-electron chi connectivity index (χ3n) is 2.15. The van der Waals surface area contributed by atoms with E-state index in [2.05, 4.69) is 17.4 Å². The van der Waals surface area contributed by atoms with Crippen LogP contribution in [0, 0.1) is 0 Å². The molecule has 0 aliphatic carbocycles. The van der Waals surface area contributed by atoms with Crippen molar-refractivity contribution in [2.75, 3.05) is 6.54 Å². The van der Waals surface area contributed by atoms with Crippen molar-refractivity contribution >= 4 is 11.4 Å². The molecule has 16 heavy (non-hydrogen) atoms. The van der Waals surface area contributed by atoms with E-state index in [1.165, 1.54) is 5.56 Å². The zero-order valence-electron chi connectivity index (χ0n) is 9.26. The SMILES string of the molecule is CC(CCNCc1ccccc1)OS(=O)O. The van der Waals surface area contributed by atoms with Gasteiger partial charge in [0.05, 0.1) is 6.10 Å². The van der Waals surface area contributed by atoms with Gasteiger partial charge in [-0.05, 0) is 25.5 Å². The quantitative estimate of drug-likeness (QED) is 0.565. The number of rotatable bonds is 7. The van der Waals surface area contributed by atoms with Gasteiger partial charge in [-0.1, -0.05) is 30.3 Å². The molecule has 90 valence electrons. The molecule has 2 N–H and O–H groups in total. The average Bonchev–Trinajstić information content (AvgIpc) is 2.25. The molecule has 0 saturated heterocycles. The topological polar surface area (TPSA) is 58.6 Å². The molecule has 0 spiro atoms. The van der Waals surface area contributed by atoms with Gasteiger partial charge in [-0.3, -0.25) is 8.74 Å². The maximum absolute atomic E-state index is 10.3. The lowest BCUT2D eigenvalue weighted by Crippen LogP contribution is -2.20. The highest BCUT2D eigenvalue weighted by atomic mass is 32.2. The lowest BCUT2D eigenvalue weighted by atomic mass is 10.2. The smallest absolute Gasteiger partial charge is 0.302 e. The molecule has 2 atom stereocenters. The molecule has 5 heteroatoms. The van der Waals surface area contributed by atoms with Crippen LogP contribution in [0.1, 0.15) is 18.9 Å². The van der Waals surface area contributed by atoms with Crippen LogP contribution < -0.4 is 5.32 Å². The molecule has 1 aromatic carbocycles. The molecule has 0 aliphatic rings. The van der Waals surface area contributed by atoms with Crippen molar-refractivity contribution in [1.29, 1.82) is 0 Å². The fourth-order valence-electron chi connectivity index (χ4n) is 1.32. The Hall–Kier alpha value is -0.750. The highest BCUT2D eigenvalue weighted by Crippen LogP contribution is 2.00. The summed E-state index contributed by atoms with van der Waals surface area (Å²) >= 11 is -2.16. The molecule has 0 fully saturated rings. The summed E-state index contributed by atoms with van der Waals surface area (Å²) in [5.41, 5.74) is 1.22. The van der Waals surface area contributed by atoms with E-state index < -0.39 is 11.4 Å². The molecule has 2 unspecified atom stereocenters. The van der Waals surface area contributed by atoms with Crippen molar-refractivity contribution in [3.63, 3.8) is 0 Å². The van der Waals surface area contributed by atoms with Crippen molar-refractivity contribution < 1.29 is 12.9 Å². The molecule has 0 aromatic heterocycles. The Bertz CT molecular complexity index is 318. The lowest BCUT2D eigenvalue weighted by Gasteiger charge is -2.09. The van der Waals surface area contributed by atoms with Crippen molar-refractivity contribution in [3.8, 4) is 0 Å². The third-order valence-corrected chi connectivity index (χ3v) is 2.64. The summed E-state index contributed by atoms with van der Waals surface area (Å²) in [7, 11) is 0. The van der Waals surface area contributed by atoms with Crippen LogP contribution in [0.25, 0.3) is 0 Å². The van der Waals surface area contributed by atoms with E-state index in [9.17, 15) is 4.21 Å². The van der Waals surface area contributed by atoms with Gasteiger partial charge in [0.2, 0.25) is 0 Å². The Kier molecular flexibility index (Phi) is 6.25. The Morgan fingerprint density at radius 3 is 2.75 bits per heavy atom. The molecule has 0 saturated carbocycles. The summed E-state index contributed by atoms with van der Waals surface area (Å²) in [6.45, 7) is 3.33. The standard InChI is InChI=1S/C11H17NO3S/c1-10(15-16(13)14)7-8-12-9-11-5-3-2-4-6-11/h2-6,10,12H,7-9H2,1H3,(H,13,14). The fraction of sp³-hybridized carbons (Fsp3) is 0.455. The first-order chi connectivity index (χ1) is 7.68. The van der Waals surface area contributed by atoms with Crippen LogP contribution in [0.2, 0.25) is 0 Å². The summed E-state index contributed by atoms with van der Waals surface area (Å²) in [6.07, 6.45) is 0.494. The molecule has 0 heterocycles. The van der Waals surface area contributed by atoms with Crippen LogP contribution in [0.15, 0.2) is 30.3 Å². The Morgan fingerprint density at radius 2 is 2.12 bits per heavy atom. The number of nitrogens with one attached hydrogen (secondary N) is 1. The molecule has 0 radical (unpaired) electrons. The maximum atomic E-state index is 10.3. The Labute approximate surface area is 98.5 Å². The van der Waals surface area contributed by atoms with Crippen LogP contribution in [-0.4, -0.2) is 21.4 Å². The fourth-order valence-corrected chi connectivity index (χ4v) is 1.70. The van der Waals surface area contributed by atoms with E-state index in [0.29, 0.717) is 6.42 Å². The second kappa shape index (κ2) is 7.51. The molecule has 4 nitrogen and oxygen atoms in total. The van der Waals surface area contributed by atoms with E-state index in [4.69, 9.17) is 8.74 Å². The maximum Gasteiger partial charge on any atom is 0.302 e. The highest BCUT2D eigenvalue weighted by molar-refractivity contribution is 7.74. The van der Waals surface area contributed by atoms with Crippen molar-refractivity contribution in [1.82, 2.24) is 5.32 Å². The first kappa shape index (κ1) is 13.3. The van der Waals surface area contributed by atoms with Crippen molar-refractivity contribution in [2.24, 2.45) is 0 Å². The average molecular weight is 243 g/mol. The Morgan fingerprint density at radius 1 is 1.44 bits per heavy atom. The van der Waals surface area contributed by atoms with Gasteiger partial charge in [0.25, 0.3) is 0 Å². The first-order valence-electron chi connectivity index (χ1n) is 5.21. The lowest BCUT2D eigenvalue weighted by molar-refractivity contribution is 0.211. The van der Waals surface area contributed by atoms with E-state index in [1.807, 2.05) is 18.2 Å². The summed E-state index contributed by atoms with van der Waals surface area (Å²) in [4.78, 5) is 0. The largest absolute Gasteiger partial charge is 0.313 e. The number of benzene rings is 1. The van der Waals surface area contributed by atoms with Gasteiger partial charge >= 0.3 is 11.4 Å². The Balaban J connectivity index is 2.10. The zero-order chi connectivity index (χ0) is 11.8. The van der Waals surface area contributed by atoms with Gasteiger partial charge in [-0.15, -0.1) is 0 Å². The van der Waals surface area contributed by atoms with Gasteiger partial charge in [0, 0.05) is 6.54 Å². The van der Waals surface area contributed by atoms with Crippen LogP contribution in [0.4, 0.5) is 0 Å². The van der Waals surface area contributed by atoms with Gasteiger partial charge in [0.1, 0.15) is 0 Å². The van der Waals surface area contributed by atoms with Crippen LogP contribution in [0.5, 0.6) is 0 Å². The van der Waals surface area contributed by atoms with E-state index in [-0.39, 0.29) is 6.10 Å². The molecule has 0 aliphatic heterocycles. The summed E-state index contributed by atoms with van der Waals surface area (Å²) in [5, 5.41) is 3.25. The van der Waals surface area contributed by atoms with Gasteiger partial charge in [-0.25, -0.2) is 0 Å². The summed E-state index contributed by atoms with van der Waals surface area (Å²) in [6, 6.07) is 10.1. The van der Waals surface area contributed by atoms with Gasteiger partial charge in [0.15, 0.2) is 0 Å². The van der Waals surface area contributed by atoms with Crippen molar-refractivity contribution in [3.05, 3.63) is 35.9 Å². The van der Waals surface area contributed by atoms with Crippen LogP contribution in [0.3, 0.4) is 0 Å². The molecular formula is C11H17NO3S. The second-order valence-electron chi connectivity index (χ2n) is 3.58. The monoisotopic (exact) mass is 243 g/mol. The molecular weight excluding hydrogens is 226 g/mol. The third kappa shape index (κ3) is 5.97. The van der Waals surface area contributed by atoms with E-state index >= 15 is 0 Å². The number of hydrogen-bond acceptors (Lipinski definition) is 3. The minimum absolute atomic E-state index is 0.214. The molecule has 0 bridgehead atoms. The number of hydrogen-bond donors (Lipinski definition) is 2. The van der Waals surface area contributed by atoms with E-state index in [0.717, 1.165) is 13.1 Å². The second-order valence-corrected chi connectivity index (χ2v) is 4.20. The minimum Gasteiger partial charge on any atom is -0.313 e.